The Morgan fingerprint density at radius 2 is 2.18 bits per heavy atom. The molecule has 0 spiro atoms. The molecule has 0 aromatic carbocycles. The maximum absolute atomic E-state index is 11.6. The first-order valence-electron chi connectivity index (χ1n) is 5.63. The Balaban J connectivity index is 2.59. The number of hydrogen-bond donors (Lipinski definition) is 2. The zero-order valence-electron chi connectivity index (χ0n) is 10.8. The van der Waals surface area contributed by atoms with Crippen LogP contribution in [0, 0.1) is 0 Å². The third-order valence-corrected chi connectivity index (χ3v) is 2.50. The van der Waals surface area contributed by atoms with Crippen LogP contribution >= 0.6 is 0 Å². The minimum atomic E-state index is -0.0346. The van der Waals surface area contributed by atoms with Crippen LogP contribution in [0.4, 0.5) is 5.82 Å². The molecule has 5 nitrogen and oxygen atoms in total. The molecular formula is C12H20N4O. The maximum Gasteiger partial charge on any atom is 0.254 e. The van der Waals surface area contributed by atoms with Crippen LogP contribution in [0.25, 0.3) is 0 Å². The number of likely N-dealkylation sites (N-methyl/N-ethyl adjacent to an activating group) is 1. The van der Waals surface area contributed by atoms with Crippen LogP contribution in [-0.2, 0) is 0 Å². The van der Waals surface area contributed by atoms with Crippen LogP contribution in [-0.4, -0.2) is 49.5 Å². The SMILES string of the molecule is CNC(C)CNc1ccc(C(=O)N(C)C)cn1. The fourth-order valence-electron chi connectivity index (χ4n) is 1.24. The fourth-order valence-corrected chi connectivity index (χ4v) is 1.24. The average Bonchev–Trinajstić information content (AvgIpc) is 2.35. The molecule has 0 aliphatic heterocycles. The van der Waals surface area contributed by atoms with Crippen LogP contribution < -0.4 is 10.6 Å². The maximum atomic E-state index is 11.6. The molecule has 1 aromatic heterocycles. The molecule has 0 aliphatic carbocycles. The summed E-state index contributed by atoms with van der Waals surface area (Å²) in [7, 11) is 5.37. The van der Waals surface area contributed by atoms with Gasteiger partial charge in [0.1, 0.15) is 5.82 Å². The number of nitrogens with zero attached hydrogens (tertiary/aromatic N) is 2. The van der Waals surface area contributed by atoms with Crippen molar-refractivity contribution >= 4 is 11.7 Å². The topological polar surface area (TPSA) is 57.3 Å². The van der Waals surface area contributed by atoms with Crippen LogP contribution in [0.2, 0.25) is 0 Å². The molecule has 0 radical (unpaired) electrons. The van der Waals surface area contributed by atoms with Gasteiger partial charge in [-0.15, -0.1) is 0 Å². The normalized spacial score (nSPS) is 12.0. The summed E-state index contributed by atoms with van der Waals surface area (Å²) in [6, 6.07) is 3.97. The fraction of sp³-hybridized carbons (Fsp3) is 0.500. The van der Waals surface area contributed by atoms with Gasteiger partial charge < -0.3 is 15.5 Å². The molecule has 0 bridgehead atoms. The van der Waals surface area contributed by atoms with Gasteiger partial charge in [-0.3, -0.25) is 4.79 Å². The number of nitrogens with one attached hydrogen (secondary N) is 2. The molecule has 1 heterocycles. The monoisotopic (exact) mass is 236 g/mol. The zero-order valence-corrected chi connectivity index (χ0v) is 10.8. The van der Waals surface area contributed by atoms with Gasteiger partial charge in [0.2, 0.25) is 0 Å². The molecular weight excluding hydrogens is 216 g/mol. The van der Waals surface area contributed by atoms with Gasteiger partial charge in [0.15, 0.2) is 0 Å². The zero-order chi connectivity index (χ0) is 12.8. The van der Waals surface area contributed by atoms with Crippen molar-refractivity contribution in [3.8, 4) is 0 Å². The minimum absolute atomic E-state index is 0.0346. The van der Waals surface area contributed by atoms with Crippen molar-refractivity contribution in [2.45, 2.75) is 13.0 Å². The van der Waals surface area contributed by atoms with Gasteiger partial charge in [-0.25, -0.2) is 4.98 Å². The molecule has 1 rings (SSSR count). The molecule has 5 heteroatoms. The quantitative estimate of drug-likeness (QED) is 0.794. The molecule has 2 N–H and O–H groups in total. The number of pyridine rings is 1. The van der Waals surface area contributed by atoms with Crippen molar-refractivity contribution in [3.05, 3.63) is 23.9 Å². The van der Waals surface area contributed by atoms with Crippen LogP contribution in [0.1, 0.15) is 17.3 Å². The number of aromatic nitrogens is 1. The Labute approximate surface area is 102 Å². The Morgan fingerprint density at radius 3 is 2.65 bits per heavy atom. The molecule has 1 unspecified atom stereocenters. The number of anilines is 1. The number of rotatable bonds is 5. The summed E-state index contributed by atoms with van der Waals surface area (Å²) >= 11 is 0. The summed E-state index contributed by atoms with van der Waals surface area (Å²) in [6.07, 6.45) is 1.59. The van der Waals surface area contributed by atoms with Crippen molar-refractivity contribution < 1.29 is 4.79 Å². The molecule has 0 saturated heterocycles. The van der Waals surface area contributed by atoms with Gasteiger partial charge in [-0.1, -0.05) is 0 Å². The second-order valence-corrected chi connectivity index (χ2v) is 4.20. The van der Waals surface area contributed by atoms with Gasteiger partial charge in [-0.05, 0) is 26.1 Å². The highest BCUT2D eigenvalue weighted by Crippen LogP contribution is 2.06. The van der Waals surface area contributed by atoms with E-state index in [4.69, 9.17) is 0 Å². The first kappa shape index (κ1) is 13.4. The van der Waals surface area contributed by atoms with Crippen molar-refractivity contribution in [2.24, 2.45) is 0 Å². The third kappa shape index (κ3) is 4.03. The largest absolute Gasteiger partial charge is 0.369 e. The highest BCUT2D eigenvalue weighted by molar-refractivity contribution is 5.93. The predicted molar refractivity (Wildman–Crippen MR) is 69.3 cm³/mol. The second-order valence-electron chi connectivity index (χ2n) is 4.20. The van der Waals surface area contributed by atoms with Crippen molar-refractivity contribution in [1.29, 1.82) is 0 Å². The van der Waals surface area contributed by atoms with Crippen molar-refractivity contribution in [3.63, 3.8) is 0 Å². The van der Waals surface area contributed by atoms with E-state index in [1.165, 1.54) is 4.90 Å². The first-order chi connectivity index (χ1) is 8.04. The molecule has 1 aromatic rings. The van der Waals surface area contributed by atoms with Crippen LogP contribution in [0.5, 0.6) is 0 Å². The van der Waals surface area contributed by atoms with Gasteiger partial charge >= 0.3 is 0 Å². The van der Waals surface area contributed by atoms with Crippen molar-refractivity contribution in [1.82, 2.24) is 15.2 Å². The number of carbonyl (C=O) groups excluding carboxylic acids is 1. The molecule has 1 amide bonds. The van der Waals surface area contributed by atoms with E-state index in [-0.39, 0.29) is 5.91 Å². The minimum Gasteiger partial charge on any atom is -0.369 e. The van der Waals surface area contributed by atoms with E-state index < -0.39 is 0 Å². The molecule has 17 heavy (non-hydrogen) atoms. The van der Waals surface area contributed by atoms with Crippen LogP contribution in [0.3, 0.4) is 0 Å². The Morgan fingerprint density at radius 1 is 1.47 bits per heavy atom. The third-order valence-electron chi connectivity index (χ3n) is 2.50. The Kier molecular flexibility index (Phi) is 4.90. The highest BCUT2D eigenvalue weighted by atomic mass is 16.2. The summed E-state index contributed by atoms with van der Waals surface area (Å²) in [5, 5.41) is 6.32. The standard InChI is InChI=1S/C12H20N4O/c1-9(13-2)7-14-11-6-5-10(8-15-11)12(17)16(3)4/h5-6,8-9,13H,7H2,1-4H3,(H,14,15). The smallest absolute Gasteiger partial charge is 0.254 e. The van der Waals surface area contributed by atoms with E-state index in [0.717, 1.165) is 12.4 Å². The lowest BCUT2D eigenvalue weighted by atomic mass is 10.2. The summed E-state index contributed by atoms with van der Waals surface area (Å²) in [5.41, 5.74) is 0.599. The molecule has 0 aliphatic rings. The number of amides is 1. The molecule has 0 saturated carbocycles. The van der Waals surface area contributed by atoms with E-state index in [1.54, 1.807) is 26.4 Å². The van der Waals surface area contributed by atoms with Crippen molar-refractivity contribution in [2.75, 3.05) is 33.0 Å². The average molecular weight is 236 g/mol. The molecule has 1 atom stereocenters. The summed E-state index contributed by atoms with van der Waals surface area (Å²) in [4.78, 5) is 17.4. The van der Waals surface area contributed by atoms with E-state index >= 15 is 0 Å². The van der Waals surface area contributed by atoms with Gasteiger partial charge in [0.05, 0.1) is 5.56 Å². The lowest BCUT2D eigenvalue weighted by Crippen LogP contribution is -2.29. The predicted octanol–water partition coefficient (Wildman–Crippen LogP) is 0.803. The molecule has 0 fully saturated rings. The first-order valence-corrected chi connectivity index (χ1v) is 5.63. The number of hydrogen-bond acceptors (Lipinski definition) is 4. The van der Waals surface area contributed by atoms with Crippen LogP contribution in [0.15, 0.2) is 18.3 Å². The number of carbonyl (C=O) groups is 1. The lowest BCUT2D eigenvalue weighted by Gasteiger charge is -2.13. The van der Waals surface area contributed by atoms with E-state index in [0.29, 0.717) is 11.6 Å². The van der Waals surface area contributed by atoms with Gasteiger partial charge in [-0.2, -0.15) is 0 Å². The van der Waals surface area contributed by atoms with Gasteiger partial charge in [0.25, 0.3) is 5.91 Å². The second kappa shape index (κ2) is 6.20. The highest BCUT2D eigenvalue weighted by Gasteiger charge is 2.08. The van der Waals surface area contributed by atoms with E-state index in [2.05, 4.69) is 22.5 Å². The lowest BCUT2D eigenvalue weighted by molar-refractivity contribution is 0.0827. The summed E-state index contributed by atoms with van der Waals surface area (Å²) < 4.78 is 0. The van der Waals surface area contributed by atoms with E-state index in [9.17, 15) is 4.79 Å². The Bertz CT molecular complexity index is 361. The summed E-state index contributed by atoms with van der Waals surface area (Å²) in [5.74, 6) is 0.745. The summed E-state index contributed by atoms with van der Waals surface area (Å²) in [6.45, 7) is 2.88. The van der Waals surface area contributed by atoms with Gasteiger partial charge in [0, 0.05) is 32.9 Å². The van der Waals surface area contributed by atoms with E-state index in [1.807, 2.05) is 13.1 Å². The molecule has 94 valence electrons. The Hall–Kier alpha value is -1.62.